The molecule has 0 atom stereocenters. The van der Waals surface area contributed by atoms with Crippen molar-refractivity contribution in [2.45, 2.75) is 26.8 Å². The monoisotopic (exact) mass is 370 g/mol. The van der Waals surface area contributed by atoms with Crippen LogP contribution >= 0.6 is 0 Å². The van der Waals surface area contributed by atoms with E-state index < -0.39 is 0 Å². The van der Waals surface area contributed by atoms with Gasteiger partial charge in [-0.1, -0.05) is 36.4 Å². The van der Waals surface area contributed by atoms with Crippen LogP contribution in [0.15, 0.2) is 67.0 Å². The molecule has 0 saturated heterocycles. The molecule has 0 aliphatic heterocycles. The van der Waals surface area contributed by atoms with Crippen LogP contribution in [0.3, 0.4) is 0 Å². The van der Waals surface area contributed by atoms with E-state index in [2.05, 4.69) is 28.4 Å². The number of carbonyl (C=O) groups is 1. The number of pyridine rings is 1. The lowest BCUT2D eigenvalue weighted by Gasteiger charge is -2.12. The molecular weight excluding hydrogens is 348 g/mol. The van der Waals surface area contributed by atoms with E-state index in [0.717, 1.165) is 39.0 Å². The molecule has 0 fully saturated rings. The van der Waals surface area contributed by atoms with Crippen LogP contribution in [0.4, 0.5) is 0 Å². The van der Waals surface area contributed by atoms with E-state index in [0.29, 0.717) is 13.0 Å². The standard InChI is InChI=1S/C23H22N4O/c1-16-20-10-6-7-11-22(20)26-17(2)21(16)12-23(28)24-13-18-14-25-27(15-18)19-8-4-3-5-9-19/h3-11,14-15H,12-13H2,1-2H3,(H,24,28). The van der Waals surface area contributed by atoms with Crippen molar-refractivity contribution < 1.29 is 4.79 Å². The zero-order chi connectivity index (χ0) is 19.5. The van der Waals surface area contributed by atoms with Crippen molar-refractivity contribution in [2.24, 2.45) is 0 Å². The molecule has 1 N–H and O–H groups in total. The molecule has 0 unspecified atom stereocenters. The van der Waals surface area contributed by atoms with Crippen LogP contribution in [0.5, 0.6) is 0 Å². The number of hydrogen-bond acceptors (Lipinski definition) is 3. The SMILES string of the molecule is Cc1nc2ccccc2c(C)c1CC(=O)NCc1cnn(-c2ccccc2)c1. The zero-order valence-electron chi connectivity index (χ0n) is 16.0. The number of carbonyl (C=O) groups excluding carboxylic acids is 1. The van der Waals surface area contributed by atoms with Gasteiger partial charge in [0.2, 0.25) is 5.91 Å². The van der Waals surface area contributed by atoms with Crippen LogP contribution in [-0.4, -0.2) is 20.7 Å². The van der Waals surface area contributed by atoms with E-state index in [9.17, 15) is 4.79 Å². The van der Waals surface area contributed by atoms with Gasteiger partial charge in [0.15, 0.2) is 0 Å². The van der Waals surface area contributed by atoms with E-state index >= 15 is 0 Å². The summed E-state index contributed by atoms with van der Waals surface area (Å²) in [6.07, 6.45) is 4.04. The molecule has 0 bridgehead atoms. The van der Waals surface area contributed by atoms with Crippen molar-refractivity contribution in [1.82, 2.24) is 20.1 Å². The molecule has 28 heavy (non-hydrogen) atoms. The van der Waals surface area contributed by atoms with Gasteiger partial charge in [0.25, 0.3) is 0 Å². The minimum absolute atomic E-state index is 0.0178. The number of nitrogens with zero attached hydrogens (tertiary/aromatic N) is 3. The summed E-state index contributed by atoms with van der Waals surface area (Å²) in [4.78, 5) is 17.2. The molecule has 0 radical (unpaired) electrons. The normalized spacial score (nSPS) is 10.9. The maximum atomic E-state index is 12.5. The summed E-state index contributed by atoms with van der Waals surface area (Å²) in [7, 11) is 0. The second-order valence-electron chi connectivity index (χ2n) is 6.90. The van der Waals surface area contributed by atoms with Crippen molar-refractivity contribution >= 4 is 16.8 Å². The van der Waals surface area contributed by atoms with Gasteiger partial charge in [0, 0.05) is 29.4 Å². The van der Waals surface area contributed by atoms with Crippen molar-refractivity contribution in [2.75, 3.05) is 0 Å². The topological polar surface area (TPSA) is 59.8 Å². The highest BCUT2D eigenvalue weighted by Crippen LogP contribution is 2.22. The third-order valence-corrected chi connectivity index (χ3v) is 4.97. The molecule has 4 rings (SSSR count). The average Bonchev–Trinajstić information content (AvgIpc) is 3.19. The van der Waals surface area contributed by atoms with Gasteiger partial charge in [-0.2, -0.15) is 5.10 Å². The average molecular weight is 370 g/mol. The van der Waals surface area contributed by atoms with Crippen LogP contribution in [0.2, 0.25) is 0 Å². The fraction of sp³-hybridized carbons (Fsp3) is 0.174. The molecule has 0 spiro atoms. The smallest absolute Gasteiger partial charge is 0.224 e. The maximum absolute atomic E-state index is 12.5. The summed E-state index contributed by atoms with van der Waals surface area (Å²) in [5, 5.41) is 8.46. The Morgan fingerprint density at radius 1 is 1.04 bits per heavy atom. The van der Waals surface area contributed by atoms with E-state index in [1.807, 2.05) is 66.3 Å². The minimum Gasteiger partial charge on any atom is -0.352 e. The molecule has 0 saturated carbocycles. The predicted octanol–water partition coefficient (Wildman–Crippen LogP) is 3.90. The summed E-state index contributed by atoms with van der Waals surface area (Å²) in [6.45, 7) is 4.47. The molecule has 0 aliphatic carbocycles. The van der Waals surface area contributed by atoms with Gasteiger partial charge in [-0.15, -0.1) is 0 Å². The van der Waals surface area contributed by atoms with Crippen molar-refractivity contribution in [3.63, 3.8) is 0 Å². The van der Waals surface area contributed by atoms with Crippen LogP contribution < -0.4 is 5.32 Å². The summed E-state index contributed by atoms with van der Waals surface area (Å²) < 4.78 is 1.81. The van der Waals surface area contributed by atoms with Crippen LogP contribution in [0.1, 0.15) is 22.4 Å². The molecule has 0 aliphatic rings. The quantitative estimate of drug-likeness (QED) is 0.580. The first-order valence-electron chi connectivity index (χ1n) is 9.32. The minimum atomic E-state index is -0.0178. The highest BCUT2D eigenvalue weighted by Gasteiger charge is 2.13. The van der Waals surface area contributed by atoms with Gasteiger partial charge < -0.3 is 5.32 Å². The first-order valence-corrected chi connectivity index (χ1v) is 9.32. The molecule has 2 aromatic heterocycles. The summed E-state index contributed by atoms with van der Waals surface area (Å²) in [6, 6.07) is 17.9. The lowest BCUT2D eigenvalue weighted by Crippen LogP contribution is -2.25. The highest BCUT2D eigenvalue weighted by molar-refractivity contribution is 5.86. The summed E-state index contributed by atoms with van der Waals surface area (Å²) >= 11 is 0. The highest BCUT2D eigenvalue weighted by atomic mass is 16.1. The largest absolute Gasteiger partial charge is 0.352 e. The molecule has 5 nitrogen and oxygen atoms in total. The maximum Gasteiger partial charge on any atom is 0.224 e. The Morgan fingerprint density at radius 3 is 2.61 bits per heavy atom. The number of amides is 1. The number of nitrogens with one attached hydrogen (secondary N) is 1. The van der Waals surface area contributed by atoms with Gasteiger partial charge in [0.1, 0.15) is 0 Å². The molecule has 2 heterocycles. The van der Waals surface area contributed by atoms with E-state index in [-0.39, 0.29) is 5.91 Å². The Morgan fingerprint density at radius 2 is 1.79 bits per heavy atom. The Labute approximate surface area is 164 Å². The number of benzene rings is 2. The molecule has 1 amide bonds. The van der Waals surface area contributed by atoms with Gasteiger partial charge in [0.05, 0.1) is 23.8 Å². The lowest BCUT2D eigenvalue weighted by atomic mass is 9.99. The Hall–Kier alpha value is -3.47. The van der Waals surface area contributed by atoms with Crippen LogP contribution in [0.25, 0.3) is 16.6 Å². The number of hydrogen-bond donors (Lipinski definition) is 1. The van der Waals surface area contributed by atoms with Crippen molar-refractivity contribution in [3.05, 3.63) is 89.4 Å². The predicted molar refractivity (Wildman–Crippen MR) is 110 cm³/mol. The molecule has 140 valence electrons. The van der Waals surface area contributed by atoms with Gasteiger partial charge in [-0.25, -0.2) is 4.68 Å². The second-order valence-corrected chi connectivity index (χ2v) is 6.90. The number of fused-ring (bicyclic) bond motifs is 1. The fourth-order valence-electron chi connectivity index (χ4n) is 3.43. The summed E-state index contributed by atoms with van der Waals surface area (Å²) in [5.74, 6) is -0.0178. The molecular formula is C23H22N4O. The van der Waals surface area contributed by atoms with E-state index in [1.165, 1.54) is 0 Å². The number of rotatable bonds is 5. The fourth-order valence-corrected chi connectivity index (χ4v) is 3.43. The first-order chi connectivity index (χ1) is 13.6. The Balaban J connectivity index is 1.44. The molecule has 4 aromatic rings. The van der Waals surface area contributed by atoms with E-state index in [1.54, 1.807) is 6.20 Å². The van der Waals surface area contributed by atoms with Crippen molar-refractivity contribution in [3.8, 4) is 5.69 Å². The number of para-hydroxylation sites is 2. The first kappa shape index (κ1) is 17.9. The lowest BCUT2D eigenvalue weighted by molar-refractivity contribution is -0.120. The third-order valence-electron chi connectivity index (χ3n) is 4.97. The van der Waals surface area contributed by atoms with Crippen LogP contribution in [-0.2, 0) is 17.8 Å². The Bertz CT molecular complexity index is 1130. The van der Waals surface area contributed by atoms with Gasteiger partial charge in [-0.3, -0.25) is 9.78 Å². The third kappa shape index (κ3) is 3.64. The number of aromatic nitrogens is 3. The van der Waals surface area contributed by atoms with Crippen LogP contribution in [0, 0.1) is 13.8 Å². The van der Waals surface area contributed by atoms with E-state index in [4.69, 9.17) is 0 Å². The Kier molecular flexibility index (Phi) is 4.89. The molecule has 5 heteroatoms. The number of aryl methyl sites for hydroxylation is 2. The zero-order valence-corrected chi connectivity index (χ0v) is 16.0. The summed E-state index contributed by atoms with van der Waals surface area (Å²) in [5.41, 5.74) is 5.94. The molecule has 2 aromatic carbocycles. The van der Waals surface area contributed by atoms with Gasteiger partial charge >= 0.3 is 0 Å². The van der Waals surface area contributed by atoms with Crippen molar-refractivity contribution in [1.29, 1.82) is 0 Å². The van der Waals surface area contributed by atoms with Gasteiger partial charge in [-0.05, 0) is 43.2 Å². The second kappa shape index (κ2) is 7.64.